The van der Waals surface area contributed by atoms with E-state index in [1.54, 1.807) is 7.05 Å². The number of aromatic amines is 1. The summed E-state index contributed by atoms with van der Waals surface area (Å²) in [6.07, 6.45) is 3.38. The minimum atomic E-state index is -3.59. The number of likely N-dealkylation sites (N-methyl/N-ethyl adjacent to an activating group) is 1. The van der Waals surface area contributed by atoms with Crippen LogP contribution in [0.1, 0.15) is 39.4 Å². The zero-order valence-electron chi connectivity index (χ0n) is 12.1. The largest absolute Gasteiger partial charge is 0.332 e. The zero-order valence-corrected chi connectivity index (χ0v) is 12.9. The second-order valence-electron chi connectivity index (χ2n) is 4.66. The Bertz CT molecular complexity index is 497. The molecule has 0 amide bonds. The Kier molecular flexibility index (Phi) is 5.11. The maximum atomic E-state index is 12.6. The van der Waals surface area contributed by atoms with E-state index in [2.05, 4.69) is 9.97 Å². The molecule has 0 radical (unpaired) electrons. The van der Waals surface area contributed by atoms with Crippen LogP contribution in [-0.4, -0.2) is 41.8 Å². The highest BCUT2D eigenvalue weighted by atomic mass is 32.2. The lowest BCUT2D eigenvalue weighted by Crippen LogP contribution is -2.53. The van der Waals surface area contributed by atoms with Gasteiger partial charge in [-0.25, -0.2) is 13.4 Å². The monoisotopic (exact) mass is 288 g/mol. The molecule has 1 rings (SSSR count). The molecule has 1 aromatic heterocycles. The second-order valence-corrected chi connectivity index (χ2v) is 6.59. The molecule has 6 nitrogen and oxygen atoms in total. The van der Waals surface area contributed by atoms with Crippen LogP contribution in [0.15, 0.2) is 11.2 Å². The maximum absolute atomic E-state index is 12.6. The van der Waals surface area contributed by atoms with E-state index >= 15 is 0 Å². The van der Waals surface area contributed by atoms with Crippen molar-refractivity contribution in [1.29, 1.82) is 0 Å². The molecule has 0 aliphatic carbocycles. The van der Waals surface area contributed by atoms with Crippen molar-refractivity contribution in [1.82, 2.24) is 14.3 Å². The Hall–Kier alpha value is -0.920. The van der Waals surface area contributed by atoms with E-state index in [1.165, 1.54) is 10.5 Å². The first kappa shape index (κ1) is 16.1. The van der Waals surface area contributed by atoms with Gasteiger partial charge in [-0.3, -0.25) is 0 Å². The Morgan fingerprint density at radius 3 is 2.32 bits per heavy atom. The van der Waals surface area contributed by atoms with Crippen LogP contribution in [0.4, 0.5) is 0 Å². The third-order valence-electron chi connectivity index (χ3n) is 3.94. The third kappa shape index (κ3) is 2.82. The van der Waals surface area contributed by atoms with Gasteiger partial charge in [0.15, 0.2) is 5.03 Å². The lowest BCUT2D eigenvalue weighted by atomic mass is 9.93. The first-order valence-corrected chi connectivity index (χ1v) is 8.05. The van der Waals surface area contributed by atoms with E-state index in [0.717, 1.165) is 0 Å². The highest BCUT2D eigenvalue weighted by molar-refractivity contribution is 7.89. The summed E-state index contributed by atoms with van der Waals surface area (Å²) in [5, 5.41) is 0.131. The van der Waals surface area contributed by atoms with Crippen LogP contribution in [0.25, 0.3) is 0 Å². The first-order chi connectivity index (χ1) is 8.87. The molecule has 0 saturated carbocycles. The molecule has 7 heteroatoms. The molecule has 0 saturated heterocycles. The van der Waals surface area contributed by atoms with Crippen molar-refractivity contribution in [3.8, 4) is 0 Å². The molecule has 1 heterocycles. The first-order valence-electron chi connectivity index (χ1n) is 6.61. The average molecular weight is 288 g/mol. The van der Waals surface area contributed by atoms with Crippen LogP contribution >= 0.6 is 0 Å². The second kappa shape index (κ2) is 6.02. The van der Waals surface area contributed by atoms with Crippen molar-refractivity contribution in [2.24, 2.45) is 5.73 Å². The van der Waals surface area contributed by atoms with Gasteiger partial charge < -0.3 is 10.7 Å². The van der Waals surface area contributed by atoms with Crippen LogP contribution in [-0.2, 0) is 16.4 Å². The maximum Gasteiger partial charge on any atom is 0.260 e. The summed E-state index contributed by atoms with van der Waals surface area (Å²) in [7, 11) is -2.00. The molecular formula is C12H24N4O2S. The zero-order chi connectivity index (χ0) is 14.7. The van der Waals surface area contributed by atoms with E-state index in [0.29, 0.717) is 31.6 Å². The minimum absolute atomic E-state index is 0.131. The highest BCUT2D eigenvalue weighted by Gasteiger charge is 2.38. The highest BCUT2D eigenvalue weighted by Crippen LogP contribution is 2.27. The smallest absolute Gasteiger partial charge is 0.260 e. The Morgan fingerprint density at radius 1 is 1.37 bits per heavy atom. The number of sulfonamides is 1. The molecule has 0 aromatic carbocycles. The van der Waals surface area contributed by atoms with Gasteiger partial charge in [0.05, 0.1) is 6.20 Å². The van der Waals surface area contributed by atoms with Gasteiger partial charge in [-0.2, -0.15) is 4.31 Å². The van der Waals surface area contributed by atoms with E-state index in [4.69, 9.17) is 5.73 Å². The fourth-order valence-electron chi connectivity index (χ4n) is 2.17. The minimum Gasteiger partial charge on any atom is -0.332 e. The average Bonchev–Trinajstić information content (AvgIpc) is 2.90. The van der Waals surface area contributed by atoms with Gasteiger partial charge in [0.25, 0.3) is 10.0 Å². The number of H-pyrrole nitrogens is 1. The molecular weight excluding hydrogens is 264 g/mol. The molecule has 0 bridgehead atoms. The molecule has 0 unspecified atom stereocenters. The van der Waals surface area contributed by atoms with E-state index in [1.807, 2.05) is 20.8 Å². The van der Waals surface area contributed by atoms with Crippen LogP contribution < -0.4 is 5.73 Å². The number of hydrogen-bond donors (Lipinski definition) is 2. The van der Waals surface area contributed by atoms with Crippen LogP contribution in [0, 0.1) is 0 Å². The molecule has 110 valence electrons. The molecule has 0 aliphatic heterocycles. The van der Waals surface area contributed by atoms with E-state index in [-0.39, 0.29) is 5.03 Å². The van der Waals surface area contributed by atoms with Crippen LogP contribution in [0.3, 0.4) is 0 Å². The molecule has 0 spiro atoms. The number of nitrogens with zero attached hydrogens (tertiary/aromatic N) is 2. The van der Waals surface area contributed by atoms with Gasteiger partial charge in [0.2, 0.25) is 0 Å². The summed E-state index contributed by atoms with van der Waals surface area (Å²) < 4.78 is 26.5. The molecule has 0 fully saturated rings. The number of rotatable bonds is 7. The normalized spacial score (nSPS) is 13.2. The van der Waals surface area contributed by atoms with Gasteiger partial charge in [0.1, 0.15) is 5.82 Å². The summed E-state index contributed by atoms with van der Waals surface area (Å²) in [6.45, 7) is 6.12. The fourth-order valence-corrected chi connectivity index (χ4v) is 3.74. The fraction of sp³-hybridized carbons (Fsp3) is 0.750. The lowest BCUT2D eigenvalue weighted by Gasteiger charge is -2.38. The van der Waals surface area contributed by atoms with E-state index < -0.39 is 15.6 Å². The number of imidazole rings is 1. The van der Waals surface area contributed by atoms with Crippen molar-refractivity contribution in [2.45, 2.75) is 50.6 Å². The molecule has 1 aromatic rings. The number of aryl methyl sites for hydroxylation is 1. The summed E-state index contributed by atoms with van der Waals surface area (Å²) >= 11 is 0. The molecule has 0 aliphatic rings. The third-order valence-corrected chi connectivity index (χ3v) is 5.81. The topological polar surface area (TPSA) is 92.1 Å². The van der Waals surface area contributed by atoms with Crippen LogP contribution in [0.5, 0.6) is 0 Å². The number of nitrogens with two attached hydrogens (primary N) is 1. The predicted molar refractivity (Wildman–Crippen MR) is 75.3 cm³/mol. The Balaban J connectivity index is 3.18. The molecule has 19 heavy (non-hydrogen) atoms. The van der Waals surface area contributed by atoms with Gasteiger partial charge in [-0.15, -0.1) is 0 Å². The van der Waals surface area contributed by atoms with Crippen molar-refractivity contribution < 1.29 is 8.42 Å². The summed E-state index contributed by atoms with van der Waals surface area (Å²) in [5.41, 5.74) is 5.26. The van der Waals surface area contributed by atoms with Crippen molar-refractivity contribution in [3.63, 3.8) is 0 Å². The van der Waals surface area contributed by atoms with Gasteiger partial charge >= 0.3 is 0 Å². The van der Waals surface area contributed by atoms with Gasteiger partial charge in [-0.1, -0.05) is 20.8 Å². The van der Waals surface area contributed by atoms with Crippen molar-refractivity contribution in [3.05, 3.63) is 12.0 Å². The standard InChI is InChI=1S/C12H24N4O2S/c1-5-10-14-8-11(15-10)19(17,18)16(4)12(6-2,7-3)9-13/h8H,5-7,9,13H2,1-4H3,(H,14,15). The Morgan fingerprint density at radius 2 is 1.95 bits per heavy atom. The Labute approximate surface area is 115 Å². The van der Waals surface area contributed by atoms with Gasteiger partial charge in [0, 0.05) is 25.6 Å². The number of hydrogen-bond acceptors (Lipinski definition) is 4. The molecule has 3 N–H and O–H groups in total. The quantitative estimate of drug-likeness (QED) is 0.786. The predicted octanol–water partition coefficient (Wildman–Crippen LogP) is 1.11. The molecule has 0 atom stereocenters. The summed E-state index contributed by atoms with van der Waals surface area (Å²) in [4.78, 5) is 6.90. The number of nitrogens with one attached hydrogen (secondary N) is 1. The van der Waals surface area contributed by atoms with Crippen molar-refractivity contribution >= 4 is 10.0 Å². The van der Waals surface area contributed by atoms with Gasteiger partial charge in [-0.05, 0) is 12.8 Å². The van der Waals surface area contributed by atoms with Crippen molar-refractivity contribution in [2.75, 3.05) is 13.6 Å². The summed E-state index contributed by atoms with van der Waals surface area (Å²) in [5.74, 6) is 0.665. The van der Waals surface area contributed by atoms with E-state index in [9.17, 15) is 8.42 Å². The SMILES string of the molecule is CCc1ncc(S(=O)(=O)N(C)C(CC)(CC)CN)[nH]1. The lowest BCUT2D eigenvalue weighted by molar-refractivity contribution is 0.207. The number of aromatic nitrogens is 2. The summed E-state index contributed by atoms with van der Waals surface area (Å²) in [6, 6.07) is 0. The van der Waals surface area contributed by atoms with Crippen LogP contribution in [0.2, 0.25) is 0 Å².